The highest BCUT2D eigenvalue weighted by Crippen LogP contribution is 2.26. The molecule has 1 N–H and O–H groups in total. The molecule has 0 spiro atoms. The second kappa shape index (κ2) is 8.55. The van der Waals surface area contributed by atoms with Gasteiger partial charge in [-0.1, -0.05) is 5.57 Å². The predicted molar refractivity (Wildman–Crippen MR) is 94.5 cm³/mol. The second-order valence-electron chi connectivity index (χ2n) is 5.32. The van der Waals surface area contributed by atoms with Crippen LogP contribution in [0.15, 0.2) is 35.9 Å². The van der Waals surface area contributed by atoms with Crippen LogP contribution in [0.3, 0.4) is 0 Å². The van der Waals surface area contributed by atoms with Gasteiger partial charge in [-0.05, 0) is 32.1 Å². The van der Waals surface area contributed by atoms with Gasteiger partial charge in [0.1, 0.15) is 18.4 Å². The Labute approximate surface area is 146 Å². The Morgan fingerprint density at radius 2 is 1.84 bits per heavy atom. The van der Waals surface area contributed by atoms with E-state index in [9.17, 15) is 5.26 Å². The maximum atomic E-state index is 9.22. The molecule has 0 aliphatic rings. The van der Waals surface area contributed by atoms with E-state index in [2.05, 4.69) is 21.4 Å². The number of hydrogen-bond acceptors (Lipinski definition) is 7. The normalized spacial score (nSPS) is 9.72. The number of benzene rings is 1. The molecule has 7 nitrogen and oxygen atoms in total. The minimum atomic E-state index is 0.316. The molecule has 2 aromatic rings. The summed E-state index contributed by atoms with van der Waals surface area (Å²) in [5.74, 6) is 1.56. The summed E-state index contributed by atoms with van der Waals surface area (Å²) in [6, 6.07) is 8.86. The molecule has 2 rings (SSSR count). The first kappa shape index (κ1) is 18.1. The Hall–Kier alpha value is -3.27. The van der Waals surface area contributed by atoms with Crippen LogP contribution in [0.4, 0.5) is 11.6 Å². The van der Waals surface area contributed by atoms with Crippen molar-refractivity contribution in [3.63, 3.8) is 0 Å². The van der Waals surface area contributed by atoms with Gasteiger partial charge in [0.05, 0.1) is 25.8 Å². The van der Waals surface area contributed by atoms with Crippen LogP contribution in [0, 0.1) is 11.3 Å². The highest BCUT2D eigenvalue weighted by atomic mass is 16.5. The first-order valence-electron chi connectivity index (χ1n) is 7.60. The third-order valence-corrected chi connectivity index (χ3v) is 3.19. The van der Waals surface area contributed by atoms with E-state index in [0.29, 0.717) is 41.3 Å². The lowest BCUT2D eigenvalue weighted by Crippen LogP contribution is -2.02. The van der Waals surface area contributed by atoms with Crippen molar-refractivity contribution in [1.29, 1.82) is 5.26 Å². The molecule has 130 valence electrons. The van der Waals surface area contributed by atoms with Crippen LogP contribution >= 0.6 is 0 Å². The number of nitrogens with zero attached hydrogens (tertiary/aromatic N) is 3. The zero-order valence-corrected chi connectivity index (χ0v) is 14.7. The molecule has 0 aliphatic carbocycles. The summed E-state index contributed by atoms with van der Waals surface area (Å²) in [6.45, 7) is 4.37. The van der Waals surface area contributed by atoms with Crippen molar-refractivity contribution in [2.45, 2.75) is 13.8 Å². The van der Waals surface area contributed by atoms with Gasteiger partial charge in [0.25, 0.3) is 0 Å². The summed E-state index contributed by atoms with van der Waals surface area (Å²) in [4.78, 5) is 8.43. The second-order valence-corrected chi connectivity index (χ2v) is 5.32. The van der Waals surface area contributed by atoms with E-state index in [1.165, 1.54) is 14.2 Å². The molecule has 0 saturated carbocycles. The highest BCUT2D eigenvalue weighted by molar-refractivity contribution is 5.60. The standard InChI is InChI=1S/C18H20N4O3/c1-12(2)7-8-25-15-9-14(6-5-13(15)11-19)20-18-21-16(23-3)10-17(22-18)24-4/h5-7,9-10H,8H2,1-4H3,(H,20,21,22). The summed E-state index contributed by atoms with van der Waals surface area (Å²) >= 11 is 0. The van der Waals surface area contributed by atoms with Gasteiger partial charge in [-0.2, -0.15) is 15.2 Å². The lowest BCUT2D eigenvalue weighted by atomic mass is 10.2. The molecule has 1 aromatic heterocycles. The summed E-state index contributed by atoms with van der Waals surface area (Å²) in [5.41, 5.74) is 2.28. The number of allylic oxidation sites excluding steroid dienone is 1. The average Bonchev–Trinajstić information content (AvgIpc) is 2.61. The maximum Gasteiger partial charge on any atom is 0.233 e. The van der Waals surface area contributed by atoms with Gasteiger partial charge in [0.2, 0.25) is 17.7 Å². The number of methoxy groups -OCH3 is 2. The van der Waals surface area contributed by atoms with Crippen molar-refractivity contribution in [3.8, 4) is 23.6 Å². The fraction of sp³-hybridized carbons (Fsp3) is 0.278. The number of hydrogen-bond donors (Lipinski definition) is 1. The van der Waals surface area contributed by atoms with Crippen LogP contribution in [0.5, 0.6) is 17.5 Å². The number of nitriles is 1. The first-order valence-corrected chi connectivity index (χ1v) is 7.60. The van der Waals surface area contributed by atoms with Crippen LogP contribution in [0.1, 0.15) is 19.4 Å². The molecule has 7 heteroatoms. The Morgan fingerprint density at radius 3 is 2.40 bits per heavy atom. The minimum absolute atomic E-state index is 0.316. The number of rotatable bonds is 7. The van der Waals surface area contributed by atoms with Crippen molar-refractivity contribution >= 4 is 11.6 Å². The summed E-state index contributed by atoms with van der Waals surface area (Å²) in [6.07, 6.45) is 1.94. The van der Waals surface area contributed by atoms with Crippen molar-refractivity contribution < 1.29 is 14.2 Å². The van der Waals surface area contributed by atoms with E-state index >= 15 is 0 Å². The van der Waals surface area contributed by atoms with E-state index in [1.807, 2.05) is 19.9 Å². The fourth-order valence-corrected chi connectivity index (χ4v) is 1.91. The molecule has 0 radical (unpaired) electrons. The molecule has 0 fully saturated rings. The lowest BCUT2D eigenvalue weighted by Gasteiger charge is -2.11. The highest BCUT2D eigenvalue weighted by Gasteiger charge is 2.09. The van der Waals surface area contributed by atoms with Gasteiger partial charge in [-0.3, -0.25) is 0 Å². The van der Waals surface area contributed by atoms with Gasteiger partial charge in [-0.15, -0.1) is 0 Å². The Balaban J connectivity index is 2.25. The Kier molecular flexibility index (Phi) is 6.18. The van der Waals surface area contributed by atoms with E-state index in [4.69, 9.17) is 14.2 Å². The SMILES string of the molecule is COc1cc(OC)nc(Nc2ccc(C#N)c(OCC=C(C)C)c2)n1. The zero-order chi connectivity index (χ0) is 18.2. The molecule has 0 saturated heterocycles. The number of aromatic nitrogens is 2. The maximum absolute atomic E-state index is 9.22. The molecule has 0 aliphatic heterocycles. The minimum Gasteiger partial charge on any atom is -0.488 e. The average molecular weight is 340 g/mol. The van der Waals surface area contributed by atoms with Crippen LogP contribution in [-0.2, 0) is 0 Å². The molecule has 25 heavy (non-hydrogen) atoms. The predicted octanol–water partition coefficient (Wildman–Crippen LogP) is 3.45. The van der Waals surface area contributed by atoms with Crippen molar-refractivity contribution in [2.75, 3.05) is 26.1 Å². The van der Waals surface area contributed by atoms with E-state index < -0.39 is 0 Å². The van der Waals surface area contributed by atoms with Gasteiger partial charge in [-0.25, -0.2) is 0 Å². The number of nitrogens with one attached hydrogen (secondary N) is 1. The van der Waals surface area contributed by atoms with Crippen LogP contribution in [0.25, 0.3) is 0 Å². The van der Waals surface area contributed by atoms with E-state index in [-0.39, 0.29) is 0 Å². The molecular formula is C18H20N4O3. The van der Waals surface area contributed by atoms with Crippen LogP contribution in [0.2, 0.25) is 0 Å². The number of ether oxygens (including phenoxy) is 3. The van der Waals surface area contributed by atoms with Crippen molar-refractivity contribution in [1.82, 2.24) is 9.97 Å². The molecule has 0 unspecified atom stereocenters. The third-order valence-electron chi connectivity index (χ3n) is 3.19. The molecule has 1 heterocycles. The largest absolute Gasteiger partial charge is 0.488 e. The monoisotopic (exact) mass is 340 g/mol. The quantitative estimate of drug-likeness (QED) is 0.772. The molecule has 0 atom stereocenters. The summed E-state index contributed by atoms with van der Waals surface area (Å²) in [5, 5.41) is 12.3. The van der Waals surface area contributed by atoms with Gasteiger partial charge >= 0.3 is 0 Å². The van der Waals surface area contributed by atoms with Gasteiger partial charge in [0, 0.05) is 11.8 Å². The zero-order valence-electron chi connectivity index (χ0n) is 14.7. The third kappa shape index (κ3) is 5.11. The summed E-state index contributed by atoms with van der Waals surface area (Å²) < 4.78 is 15.9. The van der Waals surface area contributed by atoms with Crippen LogP contribution < -0.4 is 19.5 Å². The summed E-state index contributed by atoms with van der Waals surface area (Å²) in [7, 11) is 3.03. The topological polar surface area (TPSA) is 89.3 Å². The van der Waals surface area contributed by atoms with E-state index in [1.54, 1.807) is 24.3 Å². The molecule has 0 bridgehead atoms. The van der Waals surface area contributed by atoms with Gasteiger partial charge < -0.3 is 19.5 Å². The smallest absolute Gasteiger partial charge is 0.233 e. The molecule has 1 aromatic carbocycles. The van der Waals surface area contributed by atoms with Crippen LogP contribution in [-0.4, -0.2) is 30.8 Å². The first-order chi connectivity index (χ1) is 12.0. The Morgan fingerprint density at radius 1 is 1.16 bits per heavy atom. The van der Waals surface area contributed by atoms with Crippen molar-refractivity contribution in [3.05, 3.63) is 41.5 Å². The van der Waals surface area contributed by atoms with E-state index in [0.717, 1.165) is 5.57 Å². The fourth-order valence-electron chi connectivity index (χ4n) is 1.91. The van der Waals surface area contributed by atoms with Gasteiger partial charge in [0.15, 0.2) is 0 Å². The number of anilines is 2. The molecule has 0 amide bonds. The van der Waals surface area contributed by atoms with Crippen molar-refractivity contribution in [2.24, 2.45) is 0 Å². The Bertz CT molecular complexity index is 786. The lowest BCUT2D eigenvalue weighted by molar-refractivity contribution is 0.361. The molecular weight excluding hydrogens is 320 g/mol.